The summed E-state index contributed by atoms with van der Waals surface area (Å²) in [5, 5.41) is 0. The minimum atomic E-state index is 0.452. The van der Waals surface area contributed by atoms with Gasteiger partial charge in [0.1, 0.15) is 0 Å². The smallest absolute Gasteiger partial charge is 0.0529 e. The van der Waals surface area contributed by atoms with Gasteiger partial charge in [-0.1, -0.05) is 13.3 Å². The fourth-order valence-electron chi connectivity index (χ4n) is 1.96. The molecule has 0 radical (unpaired) electrons. The molecule has 0 fully saturated rings. The summed E-state index contributed by atoms with van der Waals surface area (Å²) in [6.45, 7) is 4.38. The standard InChI is InChI=1S/C11H16N2/c1-3-4-10-9-5-6-12-11(9)7-8(2)13-10/h5-6,8,12H,3-4,7H2,1-2H3/t8-/m0/s1. The van der Waals surface area contributed by atoms with E-state index in [0.717, 1.165) is 12.8 Å². The molecule has 0 saturated heterocycles. The largest absolute Gasteiger partial charge is 0.364 e. The van der Waals surface area contributed by atoms with Crippen LogP contribution >= 0.6 is 0 Å². The van der Waals surface area contributed by atoms with Crippen LogP contribution in [0, 0.1) is 0 Å². The number of aromatic amines is 1. The zero-order chi connectivity index (χ0) is 9.26. The van der Waals surface area contributed by atoms with Gasteiger partial charge in [0, 0.05) is 29.6 Å². The maximum Gasteiger partial charge on any atom is 0.0529 e. The molecule has 2 heterocycles. The quantitative estimate of drug-likeness (QED) is 0.717. The van der Waals surface area contributed by atoms with Crippen LogP contribution in [0.4, 0.5) is 0 Å². The molecule has 0 spiro atoms. The number of H-pyrrole nitrogens is 1. The van der Waals surface area contributed by atoms with Crippen molar-refractivity contribution in [2.24, 2.45) is 4.99 Å². The van der Waals surface area contributed by atoms with Crippen molar-refractivity contribution in [2.45, 2.75) is 39.2 Å². The highest BCUT2D eigenvalue weighted by Crippen LogP contribution is 2.20. The van der Waals surface area contributed by atoms with Crippen LogP contribution in [0.1, 0.15) is 37.9 Å². The van der Waals surface area contributed by atoms with Crippen molar-refractivity contribution in [3.8, 4) is 0 Å². The van der Waals surface area contributed by atoms with E-state index in [1.54, 1.807) is 0 Å². The van der Waals surface area contributed by atoms with E-state index in [0.29, 0.717) is 6.04 Å². The van der Waals surface area contributed by atoms with E-state index < -0.39 is 0 Å². The Labute approximate surface area is 79.1 Å². The number of hydrogen-bond acceptors (Lipinski definition) is 1. The second kappa shape index (κ2) is 3.36. The number of aliphatic imine (C=N–C) groups is 1. The van der Waals surface area contributed by atoms with Gasteiger partial charge in [0.15, 0.2) is 0 Å². The van der Waals surface area contributed by atoms with Crippen molar-refractivity contribution < 1.29 is 0 Å². The molecule has 0 bridgehead atoms. The molecule has 0 saturated carbocycles. The molecule has 13 heavy (non-hydrogen) atoms. The molecule has 1 N–H and O–H groups in total. The van der Waals surface area contributed by atoms with E-state index in [9.17, 15) is 0 Å². The Bertz CT molecular complexity index is 323. The first kappa shape index (κ1) is 8.54. The Hall–Kier alpha value is -1.05. The molecule has 0 unspecified atom stereocenters. The van der Waals surface area contributed by atoms with E-state index in [2.05, 4.69) is 29.9 Å². The molecule has 1 atom stereocenters. The van der Waals surface area contributed by atoms with E-state index in [4.69, 9.17) is 0 Å². The molecule has 1 aliphatic rings. The molecule has 1 aliphatic heterocycles. The van der Waals surface area contributed by atoms with Crippen molar-refractivity contribution in [3.63, 3.8) is 0 Å². The SMILES string of the molecule is CCCC1=N[C@@H](C)Cc2[nH]ccc21. The molecule has 1 aromatic rings. The number of nitrogens with one attached hydrogen (secondary N) is 1. The molecule has 0 aromatic carbocycles. The van der Waals surface area contributed by atoms with Crippen molar-refractivity contribution in [2.75, 3.05) is 0 Å². The van der Waals surface area contributed by atoms with Crippen LogP contribution in [0.5, 0.6) is 0 Å². The third-order valence-corrected chi connectivity index (χ3v) is 2.51. The minimum Gasteiger partial charge on any atom is -0.364 e. The normalized spacial score (nSPS) is 21.1. The summed E-state index contributed by atoms with van der Waals surface area (Å²) < 4.78 is 0. The Morgan fingerprint density at radius 1 is 1.62 bits per heavy atom. The lowest BCUT2D eigenvalue weighted by Crippen LogP contribution is -2.17. The Kier molecular flexibility index (Phi) is 2.21. The number of aromatic nitrogens is 1. The highest BCUT2D eigenvalue weighted by molar-refractivity contribution is 6.02. The summed E-state index contributed by atoms with van der Waals surface area (Å²) in [5.74, 6) is 0. The van der Waals surface area contributed by atoms with Crippen LogP contribution in [0.15, 0.2) is 17.3 Å². The van der Waals surface area contributed by atoms with Gasteiger partial charge < -0.3 is 4.98 Å². The van der Waals surface area contributed by atoms with Crippen LogP contribution < -0.4 is 0 Å². The molecule has 2 heteroatoms. The van der Waals surface area contributed by atoms with Gasteiger partial charge in [0.2, 0.25) is 0 Å². The minimum absolute atomic E-state index is 0.452. The van der Waals surface area contributed by atoms with Gasteiger partial charge in [-0.2, -0.15) is 0 Å². The van der Waals surface area contributed by atoms with E-state index in [1.807, 2.05) is 6.20 Å². The van der Waals surface area contributed by atoms with Crippen molar-refractivity contribution in [3.05, 3.63) is 23.5 Å². The summed E-state index contributed by atoms with van der Waals surface area (Å²) >= 11 is 0. The molecule has 0 aliphatic carbocycles. The van der Waals surface area contributed by atoms with Crippen molar-refractivity contribution in [1.29, 1.82) is 0 Å². The molecule has 2 nitrogen and oxygen atoms in total. The highest BCUT2D eigenvalue weighted by atomic mass is 14.8. The van der Waals surface area contributed by atoms with Gasteiger partial charge >= 0.3 is 0 Å². The summed E-state index contributed by atoms with van der Waals surface area (Å²) in [6.07, 6.45) is 5.37. The third kappa shape index (κ3) is 1.53. The molecule has 70 valence electrons. The van der Waals surface area contributed by atoms with Crippen molar-refractivity contribution >= 4 is 5.71 Å². The zero-order valence-corrected chi connectivity index (χ0v) is 8.30. The number of nitrogens with zero attached hydrogens (tertiary/aromatic N) is 1. The fourth-order valence-corrected chi connectivity index (χ4v) is 1.96. The van der Waals surface area contributed by atoms with Gasteiger partial charge in [-0.25, -0.2) is 0 Å². The maximum atomic E-state index is 4.68. The van der Waals surface area contributed by atoms with E-state index in [1.165, 1.54) is 23.4 Å². The highest BCUT2D eigenvalue weighted by Gasteiger charge is 2.17. The molecule has 2 rings (SSSR count). The monoisotopic (exact) mass is 176 g/mol. The Morgan fingerprint density at radius 3 is 3.23 bits per heavy atom. The van der Waals surface area contributed by atoms with Gasteiger partial charge in [0.05, 0.1) is 6.04 Å². The van der Waals surface area contributed by atoms with Crippen LogP contribution in [-0.2, 0) is 6.42 Å². The fraction of sp³-hybridized carbons (Fsp3) is 0.545. The van der Waals surface area contributed by atoms with E-state index >= 15 is 0 Å². The van der Waals surface area contributed by atoms with Gasteiger partial charge in [-0.3, -0.25) is 4.99 Å². The average molecular weight is 176 g/mol. The zero-order valence-electron chi connectivity index (χ0n) is 8.30. The Morgan fingerprint density at radius 2 is 2.46 bits per heavy atom. The third-order valence-electron chi connectivity index (χ3n) is 2.51. The molecular weight excluding hydrogens is 160 g/mol. The van der Waals surface area contributed by atoms with Gasteiger partial charge in [0.25, 0.3) is 0 Å². The first-order chi connectivity index (χ1) is 6.31. The predicted molar refractivity (Wildman–Crippen MR) is 55.4 cm³/mol. The first-order valence-corrected chi connectivity index (χ1v) is 5.04. The lowest BCUT2D eigenvalue weighted by atomic mass is 9.99. The number of rotatable bonds is 2. The predicted octanol–water partition coefficient (Wildman–Crippen LogP) is 2.55. The number of fused-ring (bicyclic) bond motifs is 1. The lowest BCUT2D eigenvalue weighted by molar-refractivity contribution is 0.708. The summed E-state index contributed by atoms with van der Waals surface area (Å²) in [5.41, 5.74) is 4.00. The molecular formula is C11H16N2. The average Bonchev–Trinajstić information content (AvgIpc) is 2.52. The van der Waals surface area contributed by atoms with E-state index in [-0.39, 0.29) is 0 Å². The molecule has 1 aromatic heterocycles. The van der Waals surface area contributed by atoms with Crippen LogP contribution in [0.2, 0.25) is 0 Å². The summed E-state index contributed by atoms with van der Waals surface area (Å²) in [7, 11) is 0. The first-order valence-electron chi connectivity index (χ1n) is 5.04. The second-order valence-corrected chi connectivity index (χ2v) is 3.75. The lowest BCUT2D eigenvalue weighted by Gasteiger charge is -2.17. The van der Waals surface area contributed by atoms with Crippen molar-refractivity contribution in [1.82, 2.24) is 4.98 Å². The Balaban J connectivity index is 2.34. The number of hydrogen-bond donors (Lipinski definition) is 1. The summed E-state index contributed by atoms with van der Waals surface area (Å²) in [4.78, 5) is 7.98. The van der Waals surface area contributed by atoms with Gasteiger partial charge in [-0.15, -0.1) is 0 Å². The second-order valence-electron chi connectivity index (χ2n) is 3.75. The van der Waals surface area contributed by atoms with Crippen LogP contribution in [0.3, 0.4) is 0 Å². The van der Waals surface area contributed by atoms with Crippen LogP contribution in [0.25, 0.3) is 0 Å². The summed E-state index contributed by atoms with van der Waals surface area (Å²) in [6, 6.07) is 2.60. The topological polar surface area (TPSA) is 28.1 Å². The van der Waals surface area contributed by atoms with Gasteiger partial charge in [-0.05, 0) is 19.4 Å². The molecule has 0 amide bonds. The maximum absolute atomic E-state index is 4.68. The van der Waals surface area contributed by atoms with Crippen LogP contribution in [-0.4, -0.2) is 16.7 Å².